The van der Waals surface area contributed by atoms with E-state index in [1.54, 1.807) is 0 Å². The Labute approximate surface area is 198 Å². The third-order valence-electron chi connectivity index (χ3n) is 5.00. The molecule has 194 valence electrons. The minimum atomic E-state index is -5.11. The van der Waals surface area contributed by atoms with Gasteiger partial charge >= 0.3 is 23.0 Å². The summed E-state index contributed by atoms with van der Waals surface area (Å²) >= 11 is 0. The van der Waals surface area contributed by atoms with Crippen molar-refractivity contribution < 1.29 is 51.6 Å². The van der Waals surface area contributed by atoms with Crippen molar-refractivity contribution in [2.45, 2.75) is 38.4 Å². The normalized spacial score (nSPS) is 37.4. The zero-order valence-electron chi connectivity index (χ0n) is 18.4. The second-order valence-corrected chi connectivity index (χ2v) is 14.2. The summed E-state index contributed by atoms with van der Waals surface area (Å²) in [4.78, 5) is 31.5. The Balaban J connectivity index is 1.50. The molecule has 2 aliphatic heterocycles. The molecule has 7 atom stereocenters. The number of fused-ring (bicyclic) bond motifs is 1. The summed E-state index contributed by atoms with van der Waals surface area (Å²) in [5.74, 6) is -0.735. The smallest absolute Gasteiger partial charge is 0.387 e. The van der Waals surface area contributed by atoms with E-state index in [4.69, 9.17) is 9.26 Å². The van der Waals surface area contributed by atoms with Gasteiger partial charge < -0.3 is 34.6 Å². The van der Waals surface area contributed by atoms with Crippen molar-refractivity contribution in [2.75, 3.05) is 24.4 Å². The van der Waals surface area contributed by atoms with E-state index in [-0.39, 0.29) is 0 Å². The third kappa shape index (κ3) is 5.90. The molecule has 2 fully saturated rings. The van der Waals surface area contributed by atoms with Crippen molar-refractivity contribution >= 4 is 40.0 Å². The first-order valence-electron chi connectivity index (χ1n) is 10.2. The van der Waals surface area contributed by atoms with Gasteiger partial charge in [0.05, 0.1) is 12.9 Å². The quantitative estimate of drug-likeness (QED) is 0.240. The lowest BCUT2D eigenvalue weighted by molar-refractivity contribution is -0.0484. The van der Waals surface area contributed by atoms with Crippen LogP contribution >= 0.6 is 23.0 Å². The van der Waals surface area contributed by atoms with E-state index in [1.165, 1.54) is 17.2 Å². The first-order valence-corrected chi connectivity index (χ1v) is 15.1. The van der Waals surface area contributed by atoms with Crippen molar-refractivity contribution in [3.8, 4) is 0 Å². The van der Waals surface area contributed by atoms with Crippen molar-refractivity contribution in [1.29, 1.82) is 0 Å². The molecule has 4 rings (SSSR count). The molecule has 0 bridgehead atoms. The molecule has 5 N–H and O–H groups in total. The number of allylic oxidation sites excluding steroid dienone is 1. The maximum atomic E-state index is 12.6. The molecule has 0 aliphatic carbocycles. The predicted molar refractivity (Wildman–Crippen MR) is 119 cm³/mol. The molecule has 2 aromatic heterocycles. The Morgan fingerprint density at radius 1 is 1.20 bits per heavy atom. The number of aliphatic hydroxyl groups is 2. The summed E-state index contributed by atoms with van der Waals surface area (Å²) in [7, 11) is -14.4. The highest BCUT2D eigenvalue weighted by Gasteiger charge is 2.53. The van der Waals surface area contributed by atoms with E-state index in [0.717, 1.165) is 5.57 Å². The number of aliphatic hydroxyl groups excluding tert-OH is 2. The molecule has 35 heavy (non-hydrogen) atoms. The average molecular weight is 555 g/mol. The van der Waals surface area contributed by atoms with Gasteiger partial charge in [0, 0.05) is 6.54 Å². The maximum absolute atomic E-state index is 12.6. The first-order chi connectivity index (χ1) is 16.3. The van der Waals surface area contributed by atoms with Crippen molar-refractivity contribution in [3.05, 3.63) is 24.3 Å². The van der Waals surface area contributed by atoms with Gasteiger partial charge in [-0.1, -0.05) is 11.6 Å². The Morgan fingerprint density at radius 3 is 2.63 bits per heavy atom. The molecule has 0 radical (unpaired) electrons. The Morgan fingerprint density at radius 2 is 1.94 bits per heavy atom. The molecule has 0 aromatic carbocycles. The Kier molecular flexibility index (Phi) is 7.37. The molecule has 0 amide bonds. The van der Waals surface area contributed by atoms with E-state index in [0.29, 0.717) is 23.5 Å². The van der Waals surface area contributed by atoms with Gasteiger partial charge in [0.1, 0.15) is 24.6 Å². The van der Waals surface area contributed by atoms with Crippen LogP contribution in [0.1, 0.15) is 20.1 Å². The number of rotatable bonds is 7. The van der Waals surface area contributed by atoms with Crippen LogP contribution in [0.5, 0.6) is 0 Å². The molecule has 0 spiro atoms. The molecular weight excluding hydrogens is 531 g/mol. The number of nitrogens with zero attached hydrogens (tertiary/aromatic N) is 4. The van der Waals surface area contributed by atoms with Gasteiger partial charge in [0.15, 0.2) is 29.1 Å². The molecule has 19 heteroatoms. The number of anilines is 1. The Bertz CT molecular complexity index is 1250. The standard InChI is InChI=1S/C16H24N5O11P3/c1-9(2)3-4-17-14-11-15(19-6-18-14)21(7-20-11)16-13(23)12(22)10(30-16)5-29-34(26)8-33(24,25)31-35(27,28)32-34/h3,6-7,10,12-13,16,22-23H,4-5,8H2,1-2H3,(H,24,25)(H,27,28)(H,17,18,19)/t10-,12?,13?,16-,34?/m1/s1. The predicted octanol–water partition coefficient (Wildman–Crippen LogP) is 1.32. The number of phosphoric acid groups is 1. The van der Waals surface area contributed by atoms with Crippen molar-refractivity contribution in [2.24, 2.45) is 0 Å². The average Bonchev–Trinajstić information content (AvgIpc) is 3.26. The van der Waals surface area contributed by atoms with Crippen LogP contribution in [0.3, 0.4) is 0 Å². The van der Waals surface area contributed by atoms with E-state index in [9.17, 15) is 33.7 Å². The van der Waals surface area contributed by atoms with Crippen LogP contribution in [0.4, 0.5) is 5.82 Å². The zero-order chi connectivity index (χ0) is 25.6. The molecule has 4 heterocycles. The monoisotopic (exact) mass is 555 g/mol. The summed E-state index contributed by atoms with van der Waals surface area (Å²) in [6.45, 7) is 3.69. The lowest BCUT2D eigenvalue weighted by Crippen LogP contribution is -2.33. The number of hydrogen-bond donors (Lipinski definition) is 5. The van der Waals surface area contributed by atoms with Gasteiger partial charge in [-0.25, -0.2) is 28.1 Å². The third-order valence-corrected chi connectivity index (χ3v) is 12.0. The summed E-state index contributed by atoms with van der Waals surface area (Å²) in [5, 5.41) is 24.1. The second-order valence-electron chi connectivity index (χ2n) is 8.07. The van der Waals surface area contributed by atoms with Crippen LogP contribution in [0.2, 0.25) is 0 Å². The number of imidazole rings is 1. The summed E-state index contributed by atoms with van der Waals surface area (Å²) in [6, 6.07) is 0. The SMILES string of the molecule is CC(C)=CCNc1ncnc2c1ncn2[C@@H]1O[C@H](COP2(=O)CP(=O)(O)OP(=O)(O)O2)C(O)C1O. The molecule has 5 unspecified atom stereocenters. The highest BCUT2D eigenvalue weighted by atomic mass is 31.3. The number of nitrogens with one attached hydrogen (secondary N) is 1. The molecule has 16 nitrogen and oxygen atoms in total. The lowest BCUT2D eigenvalue weighted by atomic mass is 10.1. The zero-order valence-corrected chi connectivity index (χ0v) is 21.1. The van der Waals surface area contributed by atoms with Crippen molar-refractivity contribution in [1.82, 2.24) is 19.5 Å². The fraction of sp³-hybridized carbons (Fsp3) is 0.562. The van der Waals surface area contributed by atoms with Gasteiger partial charge in [-0.15, -0.1) is 0 Å². The lowest BCUT2D eigenvalue weighted by Gasteiger charge is -2.28. The summed E-state index contributed by atoms with van der Waals surface area (Å²) in [5.41, 5.74) is 1.78. The highest BCUT2D eigenvalue weighted by Crippen LogP contribution is 2.78. The second kappa shape index (κ2) is 9.73. The number of aromatic nitrogens is 4. The van der Waals surface area contributed by atoms with Crippen LogP contribution in [0, 0.1) is 0 Å². The van der Waals surface area contributed by atoms with Crippen LogP contribution in [0.15, 0.2) is 24.3 Å². The Hall–Kier alpha value is -1.54. The topological polar surface area (TPSA) is 225 Å². The number of hydrogen-bond acceptors (Lipinski definition) is 13. The fourth-order valence-electron chi connectivity index (χ4n) is 3.47. The molecular formula is C16H24N5O11P3. The van der Waals surface area contributed by atoms with Crippen LogP contribution in [0.25, 0.3) is 11.2 Å². The molecule has 2 aliphatic rings. The van der Waals surface area contributed by atoms with Gasteiger partial charge in [0.25, 0.3) is 0 Å². The highest BCUT2D eigenvalue weighted by molar-refractivity contribution is 7.81. The molecule has 2 aromatic rings. The van der Waals surface area contributed by atoms with E-state index < -0.39 is 60.1 Å². The van der Waals surface area contributed by atoms with Gasteiger partial charge in [0.2, 0.25) is 0 Å². The van der Waals surface area contributed by atoms with Gasteiger partial charge in [-0.05, 0) is 13.8 Å². The summed E-state index contributed by atoms with van der Waals surface area (Å²) in [6.07, 6.45) is -0.950. The summed E-state index contributed by atoms with van der Waals surface area (Å²) < 4.78 is 56.4. The minimum absolute atomic E-state index is 0.292. The van der Waals surface area contributed by atoms with Crippen LogP contribution < -0.4 is 5.32 Å². The fourth-order valence-corrected chi connectivity index (χ4v) is 10.4. The molecule has 0 saturated carbocycles. The molecule has 2 saturated heterocycles. The van der Waals surface area contributed by atoms with Crippen LogP contribution in [-0.4, -0.2) is 76.9 Å². The maximum Gasteiger partial charge on any atom is 0.486 e. The first kappa shape index (κ1) is 26.5. The van der Waals surface area contributed by atoms with Gasteiger partial charge in [-0.2, -0.15) is 0 Å². The van der Waals surface area contributed by atoms with Crippen molar-refractivity contribution in [3.63, 3.8) is 0 Å². The minimum Gasteiger partial charge on any atom is -0.387 e. The van der Waals surface area contributed by atoms with E-state index in [2.05, 4.69) is 28.9 Å². The van der Waals surface area contributed by atoms with Gasteiger partial charge in [-0.3, -0.25) is 13.7 Å². The largest absolute Gasteiger partial charge is 0.486 e. The van der Waals surface area contributed by atoms with E-state index in [1.807, 2.05) is 19.9 Å². The van der Waals surface area contributed by atoms with E-state index >= 15 is 0 Å². The van der Waals surface area contributed by atoms with Crippen LogP contribution in [-0.2, 0) is 31.6 Å². The number of ether oxygens (including phenoxy) is 1.